The Morgan fingerprint density at radius 3 is 2.75 bits per heavy atom. The number of nitrogens with one attached hydrogen (secondary N) is 1. The topological polar surface area (TPSA) is 96.4 Å². The van der Waals surface area contributed by atoms with Crippen molar-refractivity contribution in [1.29, 1.82) is 0 Å². The van der Waals surface area contributed by atoms with Crippen molar-refractivity contribution in [2.24, 2.45) is 0 Å². The van der Waals surface area contributed by atoms with E-state index in [0.29, 0.717) is 5.01 Å². The van der Waals surface area contributed by atoms with Crippen LogP contribution < -0.4 is 4.72 Å². The Morgan fingerprint density at radius 1 is 1.45 bits per heavy atom. The van der Waals surface area contributed by atoms with Gasteiger partial charge >= 0.3 is 5.97 Å². The Labute approximate surface area is 124 Å². The van der Waals surface area contributed by atoms with Crippen LogP contribution in [-0.4, -0.2) is 24.5 Å². The molecule has 0 aliphatic rings. The summed E-state index contributed by atoms with van der Waals surface area (Å²) >= 11 is 2.33. The molecule has 0 saturated carbocycles. The number of aryl methyl sites for hydroxylation is 1. The second kappa shape index (κ2) is 6.00. The van der Waals surface area contributed by atoms with Crippen LogP contribution in [0.3, 0.4) is 0 Å². The van der Waals surface area contributed by atoms with Gasteiger partial charge in [0.05, 0.1) is 6.54 Å². The first kappa shape index (κ1) is 15.1. The van der Waals surface area contributed by atoms with E-state index >= 15 is 0 Å². The highest BCUT2D eigenvalue weighted by Crippen LogP contribution is 2.22. The number of aromatic carboxylic acids is 1. The van der Waals surface area contributed by atoms with Gasteiger partial charge < -0.3 is 5.11 Å². The first-order valence-corrected chi connectivity index (χ1v) is 8.86. The third-order valence-corrected chi connectivity index (χ3v) is 6.41. The molecule has 0 aromatic carbocycles. The summed E-state index contributed by atoms with van der Waals surface area (Å²) < 4.78 is 26.7. The molecule has 0 bridgehead atoms. The molecule has 2 heterocycles. The normalized spacial score (nSPS) is 11.7. The van der Waals surface area contributed by atoms with Gasteiger partial charge in [0.1, 0.15) is 9.22 Å². The van der Waals surface area contributed by atoms with Crippen molar-refractivity contribution in [3.8, 4) is 0 Å². The van der Waals surface area contributed by atoms with Crippen molar-refractivity contribution in [3.05, 3.63) is 33.1 Å². The number of rotatable bonds is 6. The van der Waals surface area contributed by atoms with Crippen molar-refractivity contribution in [2.45, 2.75) is 24.1 Å². The van der Waals surface area contributed by atoms with E-state index in [2.05, 4.69) is 9.71 Å². The molecule has 2 rings (SSSR count). The van der Waals surface area contributed by atoms with Crippen molar-refractivity contribution >= 4 is 38.7 Å². The molecule has 9 heteroatoms. The molecular weight excluding hydrogens is 320 g/mol. The van der Waals surface area contributed by atoms with Crippen LogP contribution in [-0.2, 0) is 23.0 Å². The fraction of sp³-hybridized carbons (Fsp3) is 0.273. The molecule has 108 valence electrons. The van der Waals surface area contributed by atoms with E-state index in [0.717, 1.165) is 22.6 Å². The quantitative estimate of drug-likeness (QED) is 0.843. The summed E-state index contributed by atoms with van der Waals surface area (Å²) in [6, 6.07) is 3.35. The lowest BCUT2D eigenvalue weighted by Gasteiger charge is -2.01. The fourth-order valence-electron chi connectivity index (χ4n) is 1.41. The summed E-state index contributed by atoms with van der Waals surface area (Å²) in [7, 11) is -3.57. The van der Waals surface area contributed by atoms with Gasteiger partial charge in [-0.15, -0.1) is 22.7 Å². The van der Waals surface area contributed by atoms with Crippen LogP contribution in [0.5, 0.6) is 0 Å². The molecule has 0 aliphatic heterocycles. The number of hydrogen-bond donors (Lipinski definition) is 2. The van der Waals surface area contributed by atoms with Crippen molar-refractivity contribution in [3.63, 3.8) is 0 Å². The molecule has 6 nitrogen and oxygen atoms in total. The molecule has 0 amide bonds. The van der Waals surface area contributed by atoms with E-state index in [1.165, 1.54) is 16.7 Å². The average molecular weight is 332 g/mol. The zero-order valence-corrected chi connectivity index (χ0v) is 12.9. The van der Waals surface area contributed by atoms with Gasteiger partial charge in [-0.2, -0.15) is 0 Å². The van der Waals surface area contributed by atoms with Gasteiger partial charge in [0, 0.05) is 10.3 Å². The molecule has 2 aromatic heterocycles. The molecule has 20 heavy (non-hydrogen) atoms. The van der Waals surface area contributed by atoms with Crippen molar-refractivity contribution in [1.82, 2.24) is 9.71 Å². The molecule has 0 fully saturated rings. The van der Waals surface area contributed by atoms with Gasteiger partial charge in [0.25, 0.3) is 0 Å². The number of aromatic nitrogens is 1. The Bertz CT molecular complexity index is 718. The zero-order valence-electron chi connectivity index (χ0n) is 10.5. The Hall–Kier alpha value is -1.29. The van der Waals surface area contributed by atoms with Crippen molar-refractivity contribution < 1.29 is 18.3 Å². The van der Waals surface area contributed by atoms with E-state index in [9.17, 15) is 13.2 Å². The van der Waals surface area contributed by atoms with Crippen LogP contribution in [0.1, 0.15) is 27.3 Å². The highest BCUT2D eigenvalue weighted by molar-refractivity contribution is 7.91. The minimum absolute atomic E-state index is 0.0142. The van der Waals surface area contributed by atoms with Gasteiger partial charge in [-0.05, 0) is 18.6 Å². The Kier molecular flexibility index (Phi) is 4.53. The monoisotopic (exact) mass is 332 g/mol. The number of sulfonamides is 1. The first-order chi connectivity index (χ1) is 9.42. The number of nitrogens with zero attached hydrogens (tertiary/aromatic N) is 1. The van der Waals surface area contributed by atoms with E-state index in [-0.39, 0.29) is 16.4 Å². The third kappa shape index (κ3) is 3.42. The first-order valence-electron chi connectivity index (χ1n) is 5.68. The number of carbonyl (C=O) groups is 1. The molecule has 2 aromatic rings. The van der Waals surface area contributed by atoms with Crippen molar-refractivity contribution in [2.75, 3.05) is 0 Å². The van der Waals surface area contributed by atoms with Crippen LogP contribution in [0.4, 0.5) is 0 Å². The maximum absolute atomic E-state index is 12.0. The van der Waals surface area contributed by atoms with Gasteiger partial charge in [-0.3, -0.25) is 0 Å². The minimum atomic E-state index is -3.57. The fourth-order valence-corrected chi connectivity index (χ4v) is 4.54. The second-order valence-electron chi connectivity index (χ2n) is 3.83. The molecule has 0 atom stereocenters. The average Bonchev–Trinajstić information content (AvgIpc) is 3.05. The SMILES string of the molecule is CCc1ccc(S(=O)(=O)NCc2nc(C(=O)O)cs2)s1. The van der Waals surface area contributed by atoms with E-state index in [4.69, 9.17) is 5.11 Å². The number of carboxylic acid groups (broad SMARTS) is 1. The molecule has 0 radical (unpaired) electrons. The highest BCUT2D eigenvalue weighted by Gasteiger charge is 2.17. The summed E-state index contributed by atoms with van der Waals surface area (Å²) in [6.45, 7) is 1.94. The number of carboxylic acids is 1. The third-order valence-electron chi connectivity index (χ3n) is 2.43. The number of hydrogen-bond acceptors (Lipinski definition) is 6. The number of thiazole rings is 1. The molecule has 0 saturated heterocycles. The van der Waals surface area contributed by atoms with Crippen LogP contribution in [0, 0.1) is 0 Å². The van der Waals surface area contributed by atoms with Crippen LogP contribution in [0.25, 0.3) is 0 Å². The van der Waals surface area contributed by atoms with E-state index < -0.39 is 16.0 Å². The van der Waals surface area contributed by atoms with Gasteiger partial charge in [0.15, 0.2) is 5.69 Å². The lowest BCUT2D eigenvalue weighted by atomic mass is 10.4. The number of thiophene rings is 1. The Balaban J connectivity index is 2.06. The summed E-state index contributed by atoms with van der Waals surface area (Å²) in [5.41, 5.74) is -0.0754. The maximum atomic E-state index is 12.0. The molecule has 0 aliphatic carbocycles. The smallest absolute Gasteiger partial charge is 0.355 e. The highest BCUT2D eigenvalue weighted by atomic mass is 32.2. The molecule has 0 unspecified atom stereocenters. The maximum Gasteiger partial charge on any atom is 0.355 e. The van der Waals surface area contributed by atoms with Gasteiger partial charge in [0.2, 0.25) is 10.0 Å². The molecule has 0 spiro atoms. The van der Waals surface area contributed by atoms with Crippen LogP contribution >= 0.6 is 22.7 Å². The molecular formula is C11H12N2O4S3. The Morgan fingerprint density at radius 2 is 2.20 bits per heavy atom. The predicted octanol–water partition coefficient (Wildman–Crippen LogP) is 1.94. The standard InChI is InChI=1S/C11H12N2O4S3/c1-2-7-3-4-10(19-7)20(16,17)12-5-9-13-8(6-18-9)11(14)15/h3-4,6,12H,2,5H2,1H3,(H,14,15). The lowest BCUT2D eigenvalue weighted by Crippen LogP contribution is -2.22. The van der Waals surface area contributed by atoms with Crippen LogP contribution in [0.15, 0.2) is 21.7 Å². The molecule has 2 N–H and O–H groups in total. The van der Waals surface area contributed by atoms with E-state index in [1.54, 1.807) is 12.1 Å². The summed E-state index contributed by atoms with van der Waals surface area (Å²) in [6.07, 6.45) is 0.786. The largest absolute Gasteiger partial charge is 0.476 e. The summed E-state index contributed by atoms with van der Waals surface area (Å²) in [5, 5.41) is 10.5. The summed E-state index contributed by atoms with van der Waals surface area (Å²) in [4.78, 5) is 15.5. The second-order valence-corrected chi connectivity index (χ2v) is 7.94. The summed E-state index contributed by atoms with van der Waals surface area (Å²) in [5.74, 6) is -1.12. The lowest BCUT2D eigenvalue weighted by molar-refractivity contribution is 0.0691. The zero-order chi connectivity index (χ0) is 14.8. The minimum Gasteiger partial charge on any atom is -0.476 e. The van der Waals surface area contributed by atoms with E-state index in [1.807, 2.05) is 6.92 Å². The van der Waals surface area contributed by atoms with Crippen LogP contribution in [0.2, 0.25) is 0 Å². The van der Waals surface area contributed by atoms with Gasteiger partial charge in [-0.25, -0.2) is 22.9 Å². The van der Waals surface area contributed by atoms with Gasteiger partial charge in [-0.1, -0.05) is 6.92 Å². The predicted molar refractivity (Wildman–Crippen MR) is 76.8 cm³/mol.